The number of fused-ring (bicyclic) bond motifs is 1. The van der Waals surface area contributed by atoms with Gasteiger partial charge in [-0.2, -0.15) is 0 Å². The van der Waals surface area contributed by atoms with Crippen molar-refractivity contribution >= 4 is 17.3 Å². The molecule has 2 N–H and O–H groups in total. The molecular weight excluding hydrogens is 317 g/mol. The van der Waals surface area contributed by atoms with Gasteiger partial charge in [0.15, 0.2) is 6.23 Å². The van der Waals surface area contributed by atoms with Crippen molar-refractivity contribution in [3.63, 3.8) is 0 Å². The maximum absolute atomic E-state index is 14.2. The van der Waals surface area contributed by atoms with E-state index < -0.39 is 28.9 Å². The largest absolute Gasteiger partial charge is 0.370 e. The molecule has 8 heteroatoms. The molecule has 2 aromatic rings. The zero-order valence-electron chi connectivity index (χ0n) is 12.6. The summed E-state index contributed by atoms with van der Waals surface area (Å²) in [4.78, 5) is 23.9. The normalized spacial score (nSPS) is 20.5. The first-order valence-corrected chi connectivity index (χ1v) is 7.14. The van der Waals surface area contributed by atoms with Crippen LogP contribution < -0.4 is 10.2 Å². The number of non-ortho nitro benzene ring substituents is 1. The maximum Gasteiger partial charge on any atom is 0.270 e. The highest BCUT2D eigenvalue weighted by Gasteiger charge is 2.34. The number of nitrogens with one attached hydrogen (secondary N) is 1. The van der Waals surface area contributed by atoms with Crippen LogP contribution in [-0.4, -0.2) is 29.2 Å². The van der Waals surface area contributed by atoms with Crippen LogP contribution >= 0.6 is 0 Å². The molecule has 24 heavy (non-hydrogen) atoms. The summed E-state index contributed by atoms with van der Waals surface area (Å²) >= 11 is 0. The van der Waals surface area contributed by atoms with Gasteiger partial charge in [0.25, 0.3) is 11.6 Å². The zero-order chi connectivity index (χ0) is 17.4. The van der Waals surface area contributed by atoms with Crippen molar-refractivity contribution in [3.05, 3.63) is 69.5 Å². The summed E-state index contributed by atoms with van der Waals surface area (Å²) in [6.07, 6.45) is -1.56. The van der Waals surface area contributed by atoms with Crippen molar-refractivity contribution in [3.8, 4) is 0 Å². The van der Waals surface area contributed by atoms with Crippen LogP contribution in [0.5, 0.6) is 0 Å². The van der Waals surface area contributed by atoms with Gasteiger partial charge in [0, 0.05) is 36.0 Å². The average molecular weight is 331 g/mol. The summed E-state index contributed by atoms with van der Waals surface area (Å²) in [5.74, 6) is -1.18. The van der Waals surface area contributed by atoms with E-state index in [1.165, 1.54) is 48.3 Å². The van der Waals surface area contributed by atoms with Crippen molar-refractivity contribution in [2.24, 2.45) is 0 Å². The van der Waals surface area contributed by atoms with Crippen LogP contribution in [0.3, 0.4) is 0 Å². The van der Waals surface area contributed by atoms with Gasteiger partial charge < -0.3 is 10.0 Å². The number of carbonyl (C=O) groups is 1. The molecule has 0 fully saturated rings. The second-order valence-corrected chi connectivity index (χ2v) is 5.42. The van der Waals surface area contributed by atoms with Crippen molar-refractivity contribution < 1.29 is 19.2 Å². The SMILES string of the molecule is CN1C(=O)C(O)NC(c2ccccc2F)c2cc([N+](=O)[O-])ccc21. The first-order valence-electron chi connectivity index (χ1n) is 7.14. The van der Waals surface area contributed by atoms with Gasteiger partial charge in [0.2, 0.25) is 0 Å². The van der Waals surface area contributed by atoms with Crippen LogP contribution in [0.4, 0.5) is 15.8 Å². The number of aliphatic hydroxyl groups is 1. The standard InChI is InChI=1S/C16H14FN3O4/c1-19-13-7-6-9(20(23)24)8-11(13)14(18-15(21)16(19)22)10-4-2-3-5-12(10)17/h2-8,14-15,18,21H,1H3. The first-order chi connectivity index (χ1) is 11.4. The number of nitrogens with zero attached hydrogens (tertiary/aromatic N) is 2. The molecule has 2 unspecified atom stereocenters. The Morgan fingerprint density at radius 2 is 1.96 bits per heavy atom. The molecule has 0 saturated heterocycles. The van der Waals surface area contributed by atoms with Gasteiger partial charge in [-0.3, -0.25) is 20.2 Å². The summed E-state index contributed by atoms with van der Waals surface area (Å²) in [5, 5.41) is 23.8. The highest BCUT2D eigenvalue weighted by Crippen LogP contribution is 2.36. The van der Waals surface area contributed by atoms with Crippen LogP contribution in [0.1, 0.15) is 17.2 Å². The topological polar surface area (TPSA) is 95.7 Å². The first kappa shape index (κ1) is 16.0. The third-order valence-corrected chi connectivity index (χ3v) is 4.00. The Bertz CT molecular complexity index is 827. The minimum absolute atomic E-state index is 0.182. The second kappa shape index (κ2) is 5.99. The molecule has 7 nitrogen and oxygen atoms in total. The van der Waals surface area contributed by atoms with Gasteiger partial charge >= 0.3 is 0 Å². The minimum Gasteiger partial charge on any atom is -0.370 e. The molecule has 0 aromatic heterocycles. The highest BCUT2D eigenvalue weighted by atomic mass is 19.1. The van der Waals surface area contributed by atoms with Crippen LogP contribution in [0.25, 0.3) is 0 Å². The third kappa shape index (κ3) is 2.61. The average Bonchev–Trinajstić information content (AvgIpc) is 2.66. The molecule has 2 atom stereocenters. The maximum atomic E-state index is 14.2. The van der Waals surface area contributed by atoms with E-state index in [0.717, 1.165) is 0 Å². The van der Waals surface area contributed by atoms with Crippen LogP contribution in [0.15, 0.2) is 42.5 Å². The molecule has 1 heterocycles. The van der Waals surface area contributed by atoms with Gasteiger partial charge in [-0.15, -0.1) is 0 Å². The Kier molecular flexibility index (Phi) is 4.00. The van der Waals surface area contributed by atoms with Gasteiger partial charge in [-0.05, 0) is 12.1 Å². The third-order valence-electron chi connectivity index (χ3n) is 4.00. The number of amides is 1. The molecule has 1 aliphatic rings. The summed E-state index contributed by atoms with van der Waals surface area (Å²) in [7, 11) is 1.45. The van der Waals surface area contributed by atoms with Crippen molar-refractivity contribution in [1.29, 1.82) is 0 Å². The molecule has 0 aliphatic carbocycles. The number of nitro benzene ring substituents is 1. The number of hydrogen-bond acceptors (Lipinski definition) is 5. The van der Waals surface area contributed by atoms with Gasteiger partial charge in [0.1, 0.15) is 5.82 Å². The Labute approximate surface area is 136 Å². The molecule has 1 aliphatic heterocycles. The Hall–Kier alpha value is -2.84. The number of likely N-dealkylation sites (N-methyl/N-ethyl adjacent to an activating group) is 1. The fourth-order valence-corrected chi connectivity index (χ4v) is 2.78. The Morgan fingerprint density at radius 3 is 2.62 bits per heavy atom. The molecule has 0 bridgehead atoms. The fraction of sp³-hybridized carbons (Fsp3) is 0.188. The van der Waals surface area contributed by atoms with E-state index in [1.807, 2.05) is 0 Å². The van der Waals surface area contributed by atoms with Crippen LogP contribution in [0.2, 0.25) is 0 Å². The van der Waals surface area contributed by atoms with Crippen molar-refractivity contribution in [2.45, 2.75) is 12.3 Å². The van der Waals surface area contributed by atoms with Gasteiger partial charge in [0.05, 0.1) is 11.0 Å². The molecule has 2 aromatic carbocycles. The molecule has 0 spiro atoms. The summed E-state index contributed by atoms with van der Waals surface area (Å²) < 4.78 is 14.2. The predicted molar refractivity (Wildman–Crippen MR) is 83.9 cm³/mol. The van der Waals surface area contributed by atoms with E-state index in [2.05, 4.69) is 5.32 Å². The molecule has 1 amide bonds. The Morgan fingerprint density at radius 1 is 1.25 bits per heavy atom. The van der Waals surface area contributed by atoms with E-state index in [0.29, 0.717) is 11.3 Å². The highest BCUT2D eigenvalue weighted by molar-refractivity contribution is 5.97. The van der Waals surface area contributed by atoms with E-state index in [-0.39, 0.29) is 11.3 Å². The quantitative estimate of drug-likeness (QED) is 0.645. The zero-order valence-corrected chi connectivity index (χ0v) is 12.6. The molecule has 0 saturated carbocycles. The fourth-order valence-electron chi connectivity index (χ4n) is 2.78. The molecular formula is C16H14FN3O4. The van der Waals surface area contributed by atoms with E-state index in [4.69, 9.17) is 0 Å². The van der Waals surface area contributed by atoms with Crippen molar-refractivity contribution in [2.75, 3.05) is 11.9 Å². The number of rotatable bonds is 2. The van der Waals surface area contributed by atoms with E-state index in [9.17, 15) is 24.4 Å². The summed E-state index contributed by atoms with van der Waals surface area (Å²) in [5.41, 5.74) is 0.695. The number of aliphatic hydroxyl groups excluding tert-OH is 1. The number of carbonyl (C=O) groups excluding carboxylic acids is 1. The lowest BCUT2D eigenvalue weighted by atomic mass is 9.96. The van der Waals surface area contributed by atoms with Crippen molar-refractivity contribution in [1.82, 2.24) is 5.32 Å². The second-order valence-electron chi connectivity index (χ2n) is 5.42. The van der Waals surface area contributed by atoms with Gasteiger partial charge in [-0.25, -0.2) is 4.39 Å². The minimum atomic E-state index is -1.56. The summed E-state index contributed by atoms with van der Waals surface area (Å²) in [6.45, 7) is 0. The molecule has 0 radical (unpaired) electrons. The lowest BCUT2D eigenvalue weighted by molar-refractivity contribution is -0.384. The number of anilines is 1. The molecule has 124 valence electrons. The van der Waals surface area contributed by atoms with E-state index in [1.54, 1.807) is 6.07 Å². The van der Waals surface area contributed by atoms with Crippen LogP contribution in [0, 0.1) is 15.9 Å². The smallest absolute Gasteiger partial charge is 0.270 e. The lowest BCUT2D eigenvalue weighted by Crippen LogP contribution is -2.43. The number of hydrogen-bond donors (Lipinski definition) is 2. The Balaban J connectivity index is 2.24. The summed E-state index contributed by atoms with van der Waals surface area (Å²) in [6, 6.07) is 8.91. The number of halogens is 1. The monoisotopic (exact) mass is 331 g/mol. The number of nitro groups is 1. The molecule has 3 rings (SSSR count). The lowest BCUT2D eigenvalue weighted by Gasteiger charge is -2.20. The van der Waals surface area contributed by atoms with E-state index >= 15 is 0 Å². The predicted octanol–water partition coefficient (Wildman–Crippen LogP) is 1.71. The van der Waals surface area contributed by atoms with Gasteiger partial charge in [-0.1, -0.05) is 18.2 Å². The van der Waals surface area contributed by atoms with Crippen LogP contribution in [-0.2, 0) is 4.79 Å². The number of benzene rings is 2.